The quantitative estimate of drug-likeness (QED) is 0.787. The van der Waals surface area contributed by atoms with Crippen molar-refractivity contribution >= 4 is 23.6 Å². The molecule has 0 aromatic heterocycles. The summed E-state index contributed by atoms with van der Waals surface area (Å²) >= 11 is 1.65. The lowest BCUT2D eigenvalue weighted by Crippen LogP contribution is -2.46. The number of carbonyl (C=O) groups is 2. The van der Waals surface area contributed by atoms with Crippen LogP contribution in [0, 0.1) is 5.41 Å². The van der Waals surface area contributed by atoms with Crippen molar-refractivity contribution in [1.82, 2.24) is 5.32 Å². The van der Waals surface area contributed by atoms with Crippen molar-refractivity contribution in [3.05, 3.63) is 0 Å². The third-order valence-electron chi connectivity index (χ3n) is 2.97. The zero-order valence-corrected chi connectivity index (χ0v) is 10.8. The van der Waals surface area contributed by atoms with Gasteiger partial charge in [0.2, 0.25) is 5.91 Å². The second-order valence-electron chi connectivity index (χ2n) is 5.05. The second-order valence-corrected chi connectivity index (χ2v) is 6.65. The van der Waals surface area contributed by atoms with Crippen LogP contribution < -0.4 is 5.32 Å². The molecule has 0 aromatic carbocycles. The van der Waals surface area contributed by atoms with E-state index in [1.807, 2.05) is 6.92 Å². The second kappa shape index (κ2) is 4.65. The van der Waals surface area contributed by atoms with E-state index in [-0.39, 0.29) is 17.2 Å². The maximum atomic E-state index is 11.9. The predicted octanol–water partition coefficient (Wildman–Crippen LogP) is 1.50. The Bertz CT molecular complexity index is 296. The third kappa shape index (κ3) is 2.90. The van der Waals surface area contributed by atoms with Gasteiger partial charge in [0.25, 0.3) is 0 Å². The molecule has 0 spiro atoms. The summed E-state index contributed by atoms with van der Waals surface area (Å²) in [5.74, 6) is 0.0769. The van der Waals surface area contributed by atoms with Gasteiger partial charge in [0, 0.05) is 6.54 Å². The monoisotopic (exact) mass is 245 g/mol. The molecule has 2 N–H and O–H groups in total. The molecule has 0 bridgehead atoms. The number of carbonyl (C=O) groups excluding carboxylic acids is 1. The Morgan fingerprint density at radius 3 is 2.56 bits per heavy atom. The number of hydrogen-bond donors (Lipinski definition) is 2. The maximum Gasteiger partial charge on any atom is 0.310 e. The Balaban J connectivity index is 2.50. The molecule has 0 radical (unpaired) electrons. The van der Waals surface area contributed by atoms with Gasteiger partial charge in [-0.15, -0.1) is 11.8 Å². The van der Waals surface area contributed by atoms with E-state index in [4.69, 9.17) is 5.11 Å². The van der Waals surface area contributed by atoms with Crippen LogP contribution in [0.15, 0.2) is 0 Å². The minimum absolute atomic E-state index is 0.0377. The smallest absolute Gasteiger partial charge is 0.310 e. The van der Waals surface area contributed by atoms with E-state index < -0.39 is 11.4 Å². The van der Waals surface area contributed by atoms with Crippen molar-refractivity contribution in [3.8, 4) is 0 Å². The van der Waals surface area contributed by atoms with E-state index in [1.165, 1.54) is 0 Å². The van der Waals surface area contributed by atoms with Crippen LogP contribution in [0.1, 0.15) is 33.6 Å². The molecule has 1 rings (SSSR count). The minimum atomic E-state index is -0.907. The van der Waals surface area contributed by atoms with Gasteiger partial charge in [0.05, 0.1) is 10.2 Å². The summed E-state index contributed by atoms with van der Waals surface area (Å²) in [6.45, 7) is 5.32. The Morgan fingerprint density at radius 1 is 1.50 bits per heavy atom. The van der Waals surface area contributed by atoms with Crippen molar-refractivity contribution < 1.29 is 14.7 Å². The first-order valence-electron chi connectivity index (χ1n) is 5.44. The highest BCUT2D eigenvalue weighted by molar-refractivity contribution is 8.01. The molecule has 0 saturated carbocycles. The molecule has 1 aliphatic heterocycles. The average molecular weight is 245 g/mol. The van der Waals surface area contributed by atoms with Gasteiger partial charge in [-0.25, -0.2) is 0 Å². The van der Waals surface area contributed by atoms with Gasteiger partial charge in [0.15, 0.2) is 0 Å². The maximum absolute atomic E-state index is 11.9. The van der Waals surface area contributed by atoms with Gasteiger partial charge < -0.3 is 10.4 Å². The number of carboxylic acids is 1. The van der Waals surface area contributed by atoms with Crippen LogP contribution in [0.2, 0.25) is 0 Å². The van der Waals surface area contributed by atoms with E-state index in [1.54, 1.807) is 25.6 Å². The van der Waals surface area contributed by atoms with E-state index in [9.17, 15) is 9.59 Å². The summed E-state index contributed by atoms with van der Waals surface area (Å²) in [5.41, 5.74) is -0.907. The molecule has 1 unspecified atom stereocenters. The Kier molecular flexibility index (Phi) is 3.88. The minimum Gasteiger partial charge on any atom is -0.481 e. The van der Waals surface area contributed by atoms with E-state index in [0.29, 0.717) is 0 Å². The molecule has 5 heteroatoms. The molecule has 0 aromatic rings. The molecule has 92 valence electrons. The van der Waals surface area contributed by atoms with E-state index in [2.05, 4.69) is 5.32 Å². The zero-order valence-electron chi connectivity index (χ0n) is 10.0. The van der Waals surface area contributed by atoms with Crippen LogP contribution in [0.3, 0.4) is 0 Å². The van der Waals surface area contributed by atoms with Crippen molar-refractivity contribution in [2.45, 2.75) is 38.4 Å². The third-order valence-corrected chi connectivity index (χ3v) is 4.49. The van der Waals surface area contributed by atoms with Gasteiger partial charge in [-0.05, 0) is 39.4 Å². The van der Waals surface area contributed by atoms with Crippen LogP contribution in [-0.2, 0) is 9.59 Å². The van der Waals surface area contributed by atoms with E-state index >= 15 is 0 Å². The molecule has 4 nitrogen and oxygen atoms in total. The van der Waals surface area contributed by atoms with Crippen LogP contribution in [0.25, 0.3) is 0 Å². The SMILES string of the molecule is CC(C)(CNC(=O)C1(C)CCCS1)C(=O)O. The van der Waals surface area contributed by atoms with Crippen LogP contribution >= 0.6 is 11.8 Å². The lowest BCUT2D eigenvalue weighted by molar-refractivity contribution is -0.146. The van der Waals surface area contributed by atoms with E-state index in [0.717, 1.165) is 18.6 Å². The average Bonchev–Trinajstić information content (AvgIpc) is 2.62. The van der Waals surface area contributed by atoms with Crippen molar-refractivity contribution in [2.75, 3.05) is 12.3 Å². The number of nitrogens with one attached hydrogen (secondary N) is 1. The molecule has 1 saturated heterocycles. The van der Waals surface area contributed by atoms with Gasteiger partial charge in [-0.3, -0.25) is 9.59 Å². The molecule has 1 heterocycles. The van der Waals surface area contributed by atoms with Crippen molar-refractivity contribution in [1.29, 1.82) is 0 Å². The zero-order chi connectivity index (χ0) is 12.4. The molecule has 16 heavy (non-hydrogen) atoms. The fraction of sp³-hybridized carbons (Fsp3) is 0.818. The van der Waals surface area contributed by atoms with Crippen LogP contribution in [-0.4, -0.2) is 34.0 Å². The highest BCUT2D eigenvalue weighted by Gasteiger charge is 2.38. The number of rotatable bonds is 4. The first-order valence-corrected chi connectivity index (χ1v) is 6.42. The summed E-state index contributed by atoms with van der Waals surface area (Å²) in [6.07, 6.45) is 1.92. The standard InChI is InChI=1S/C11H19NO3S/c1-10(2,9(14)15)7-12-8(13)11(3)5-4-6-16-11/h4-7H2,1-3H3,(H,12,13)(H,14,15). The lowest BCUT2D eigenvalue weighted by Gasteiger charge is -2.25. The molecule has 1 fully saturated rings. The highest BCUT2D eigenvalue weighted by Crippen LogP contribution is 2.37. The Labute approximate surface area is 100 Å². The first kappa shape index (κ1) is 13.4. The molecule has 0 aliphatic carbocycles. The number of amides is 1. The van der Waals surface area contributed by atoms with Crippen molar-refractivity contribution in [2.24, 2.45) is 5.41 Å². The number of hydrogen-bond acceptors (Lipinski definition) is 3. The lowest BCUT2D eigenvalue weighted by atomic mass is 9.93. The number of aliphatic carboxylic acids is 1. The molecule has 1 aliphatic rings. The largest absolute Gasteiger partial charge is 0.481 e. The Hall–Kier alpha value is -0.710. The Morgan fingerprint density at radius 2 is 2.12 bits per heavy atom. The van der Waals surface area contributed by atoms with Crippen LogP contribution in [0.4, 0.5) is 0 Å². The molecular weight excluding hydrogens is 226 g/mol. The topological polar surface area (TPSA) is 66.4 Å². The fourth-order valence-corrected chi connectivity index (χ4v) is 2.75. The summed E-state index contributed by atoms with van der Waals surface area (Å²) < 4.78 is -0.366. The highest BCUT2D eigenvalue weighted by atomic mass is 32.2. The van der Waals surface area contributed by atoms with Crippen LogP contribution in [0.5, 0.6) is 0 Å². The van der Waals surface area contributed by atoms with Gasteiger partial charge in [0.1, 0.15) is 0 Å². The van der Waals surface area contributed by atoms with Gasteiger partial charge in [-0.1, -0.05) is 0 Å². The summed E-state index contributed by atoms with van der Waals surface area (Å²) in [6, 6.07) is 0. The summed E-state index contributed by atoms with van der Waals surface area (Å²) in [4.78, 5) is 22.8. The van der Waals surface area contributed by atoms with Crippen molar-refractivity contribution in [3.63, 3.8) is 0 Å². The normalized spacial score (nSPS) is 25.4. The fourth-order valence-electron chi connectivity index (χ4n) is 1.52. The number of thioether (sulfide) groups is 1. The van der Waals surface area contributed by atoms with Gasteiger partial charge in [-0.2, -0.15) is 0 Å². The summed E-state index contributed by atoms with van der Waals surface area (Å²) in [7, 11) is 0. The molecule has 1 amide bonds. The predicted molar refractivity (Wildman–Crippen MR) is 64.5 cm³/mol. The van der Waals surface area contributed by atoms with Gasteiger partial charge >= 0.3 is 5.97 Å². The number of carboxylic acid groups (broad SMARTS) is 1. The summed E-state index contributed by atoms with van der Waals surface area (Å²) in [5, 5.41) is 11.7. The molecule has 1 atom stereocenters. The first-order chi connectivity index (χ1) is 7.28. The molecular formula is C11H19NO3S.